The summed E-state index contributed by atoms with van der Waals surface area (Å²) in [5.41, 5.74) is 2.26. The zero-order chi connectivity index (χ0) is 12.0. The first-order valence-electron chi connectivity index (χ1n) is 5.88. The summed E-state index contributed by atoms with van der Waals surface area (Å²) in [7, 11) is 4.12. The molecule has 1 rings (SSSR count). The van der Waals surface area contributed by atoms with E-state index in [1.54, 1.807) is 0 Å². The molecule has 0 saturated heterocycles. The summed E-state index contributed by atoms with van der Waals surface area (Å²) in [4.78, 5) is 6.74. The molecule has 90 valence electrons. The fourth-order valence-corrected chi connectivity index (χ4v) is 1.53. The highest BCUT2D eigenvalue weighted by atomic mass is 15.1. The highest BCUT2D eigenvalue weighted by Gasteiger charge is 2.00. The first kappa shape index (κ1) is 13.1. The molecule has 0 aliphatic rings. The molecule has 1 aromatic rings. The third-order valence-electron chi connectivity index (χ3n) is 2.20. The zero-order valence-electron chi connectivity index (χ0n) is 10.8. The van der Waals surface area contributed by atoms with Crippen LogP contribution in [0, 0.1) is 5.92 Å². The molecule has 0 fully saturated rings. The lowest BCUT2D eigenvalue weighted by Gasteiger charge is -2.11. The molecule has 16 heavy (non-hydrogen) atoms. The maximum atomic E-state index is 4.61. The van der Waals surface area contributed by atoms with E-state index in [-0.39, 0.29) is 0 Å². The number of aromatic nitrogens is 1. The average molecular weight is 221 g/mol. The van der Waals surface area contributed by atoms with Gasteiger partial charge in [0.15, 0.2) is 0 Å². The number of pyridine rings is 1. The van der Waals surface area contributed by atoms with Gasteiger partial charge in [-0.3, -0.25) is 4.98 Å². The summed E-state index contributed by atoms with van der Waals surface area (Å²) >= 11 is 0. The van der Waals surface area contributed by atoms with Crippen molar-refractivity contribution < 1.29 is 0 Å². The zero-order valence-corrected chi connectivity index (χ0v) is 10.8. The summed E-state index contributed by atoms with van der Waals surface area (Å²) in [6, 6.07) is 6.23. The smallest absolute Gasteiger partial charge is 0.0547 e. The van der Waals surface area contributed by atoms with Gasteiger partial charge in [0, 0.05) is 13.1 Å². The molecule has 0 atom stereocenters. The Morgan fingerprint density at radius 3 is 2.56 bits per heavy atom. The molecule has 0 aliphatic heterocycles. The third kappa shape index (κ3) is 5.24. The van der Waals surface area contributed by atoms with E-state index in [4.69, 9.17) is 0 Å². The number of hydrogen-bond acceptors (Lipinski definition) is 3. The van der Waals surface area contributed by atoms with Gasteiger partial charge in [0.2, 0.25) is 0 Å². The van der Waals surface area contributed by atoms with Crippen molar-refractivity contribution in [3.63, 3.8) is 0 Å². The van der Waals surface area contributed by atoms with E-state index in [0.29, 0.717) is 5.92 Å². The quantitative estimate of drug-likeness (QED) is 0.795. The molecule has 1 aromatic heterocycles. The molecule has 0 bridgehead atoms. The van der Waals surface area contributed by atoms with E-state index < -0.39 is 0 Å². The van der Waals surface area contributed by atoms with Crippen molar-refractivity contribution in [1.82, 2.24) is 15.2 Å². The predicted octanol–water partition coefficient (Wildman–Crippen LogP) is 1.89. The lowest BCUT2D eigenvalue weighted by Crippen LogP contribution is -2.20. The summed E-state index contributed by atoms with van der Waals surface area (Å²) in [6.07, 6.45) is 0. The molecule has 0 unspecified atom stereocenters. The normalized spacial score (nSPS) is 11.4. The van der Waals surface area contributed by atoms with E-state index in [1.165, 1.54) is 0 Å². The Morgan fingerprint density at radius 1 is 1.25 bits per heavy atom. The van der Waals surface area contributed by atoms with Gasteiger partial charge >= 0.3 is 0 Å². The SMILES string of the molecule is CC(C)CNCc1cccc(CN(C)C)n1. The molecule has 3 nitrogen and oxygen atoms in total. The maximum Gasteiger partial charge on any atom is 0.0547 e. The van der Waals surface area contributed by atoms with Gasteiger partial charge in [0.25, 0.3) is 0 Å². The summed E-state index contributed by atoms with van der Waals surface area (Å²) in [6.45, 7) is 7.23. The molecule has 3 heteroatoms. The molecule has 0 aromatic carbocycles. The molecule has 1 N–H and O–H groups in total. The van der Waals surface area contributed by atoms with Crippen LogP contribution < -0.4 is 5.32 Å². The van der Waals surface area contributed by atoms with Crippen LogP contribution in [0.25, 0.3) is 0 Å². The van der Waals surface area contributed by atoms with Gasteiger partial charge < -0.3 is 10.2 Å². The van der Waals surface area contributed by atoms with Crippen LogP contribution in [0.2, 0.25) is 0 Å². The molecule has 0 aliphatic carbocycles. The van der Waals surface area contributed by atoms with Crippen molar-refractivity contribution in [2.75, 3.05) is 20.6 Å². The van der Waals surface area contributed by atoms with Gasteiger partial charge in [-0.2, -0.15) is 0 Å². The molecule has 0 spiro atoms. The second-order valence-corrected chi connectivity index (χ2v) is 4.88. The van der Waals surface area contributed by atoms with Crippen molar-refractivity contribution in [3.8, 4) is 0 Å². The fraction of sp³-hybridized carbons (Fsp3) is 0.615. The average Bonchev–Trinajstić information content (AvgIpc) is 2.16. The van der Waals surface area contributed by atoms with Crippen LogP contribution in [0.1, 0.15) is 25.2 Å². The van der Waals surface area contributed by atoms with Crippen molar-refractivity contribution >= 4 is 0 Å². The number of hydrogen-bond donors (Lipinski definition) is 1. The lowest BCUT2D eigenvalue weighted by atomic mass is 10.2. The van der Waals surface area contributed by atoms with Gasteiger partial charge in [0.05, 0.1) is 11.4 Å². The Kier molecular flexibility index (Phi) is 5.43. The highest BCUT2D eigenvalue weighted by molar-refractivity contribution is 5.11. The van der Waals surface area contributed by atoms with Gasteiger partial charge in [-0.05, 0) is 38.7 Å². The molecule has 0 amide bonds. The van der Waals surface area contributed by atoms with E-state index in [2.05, 4.69) is 61.3 Å². The first-order valence-corrected chi connectivity index (χ1v) is 5.88. The Bertz CT molecular complexity index is 308. The minimum Gasteiger partial charge on any atom is -0.311 e. The third-order valence-corrected chi connectivity index (χ3v) is 2.20. The summed E-state index contributed by atoms with van der Waals surface area (Å²) in [5.74, 6) is 0.685. The predicted molar refractivity (Wildman–Crippen MR) is 68.2 cm³/mol. The molecular formula is C13H23N3. The van der Waals surface area contributed by atoms with Crippen LogP contribution in [0.5, 0.6) is 0 Å². The van der Waals surface area contributed by atoms with Crippen LogP contribution >= 0.6 is 0 Å². The minimum absolute atomic E-state index is 0.685. The lowest BCUT2D eigenvalue weighted by molar-refractivity contribution is 0.396. The topological polar surface area (TPSA) is 28.2 Å². The van der Waals surface area contributed by atoms with Gasteiger partial charge in [-0.15, -0.1) is 0 Å². The van der Waals surface area contributed by atoms with Crippen LogP contribution in [0.4, 0.5) is 0 Å². The van der Waals surface area contributed by atoms with Crippen molar-refractivity contribution in [1.29, 1.82) is 0 Å². The van der Waals surface area contributed by atoms with Crippen molar-refractivity contribution in [2.24, 2.45) is 5.92 Å². The largest absolute Gasteiger partial charge is 0.311 e. The van der Waals surface area contributed by atoms with Crippen molar-refractivity contribution in [2.45, 2.75) is 26.9 Å². The van der Waals surface area contributed by atoms with E-state index >= 15 is 0 Å². The summed E-state index contributed by atoms with van der Waals surface area (Å²) < 4.78 is 0. The van der Waals surface area contributed by atoms with Gasteiger partial charge in [-0.25, -0.2) is 0 Å². The number of nitrogens with zero attached hydrogens (tertiary/aromatic N) is 2. The van der Waals surface area contributed by atoms with Crippen molar-refractivity contribution in [3.05, 3.63) is 29.6 Å². The molecule has 0 radical (unpaired) electrons. The van der Waals surface area contributed by atoms with E-state index in [9.17, 15) is 0 Å². The number of nitrogens with one attached hydrogen (secondary N) is 1. The minimum atomic E-state index is 0.685. The fourth-order valence-electron chi connectivity index (χ4n) is 1.53. The Labute approximate surface area is 98.9 Å². The van der Waals surface area contributed by atoms with Crippen LogP contribution in [-0.4, -0.2) is 30.5 Å². The first-order chi connectivity index (χ1) is 7.58. The molecule has 0 saturated carbocycles. The van der Waals surface area contributed by atoms with E-state index in [1.807, 2.05) is 0 Å². The highest BCUT2D eigenvalue weighted by Crippen LogP contribution is 2.01. The molecule has 1 heterocycles. The van der Waals surface area contributed by atoms with E-state index in [0.717, 1.165) is 31.0 Å². The number of rotatable bonds is 6. The Morgan fingerprint density at radius 2 is 1.94 bits per heavy atom. The monoisotopic (exact) mass is 221 g/mol. The second kappa shape index (κ2) is 6.61. The Hall–Kier alpha value is -0.930. The van der Waals surface area contributed by atoms with Crippen LogP contribution in [0.3, 0.4) is 0 Å². The second-order valence-electron chi connectivity index (χ2n) is 4.88. The Balaban J connectivity index is 2.47. The standard InChI is InChI=1S/C13H23N3/c1-11(2)8-14-9-12-6-5-7-13(15-12)10-16(3)4/h5-7,11,14H,8-10H2,1-4H3. The van der Waals surface area contributed by atoms with Gasteiger partial charge in [0.1, 0.15) is 0 Å². The maximum absolute atomic E-state index is 4.61. The van der Waals surface area contributed by atoms with Gasteiger partial charge in [-0.1, -0.05) is 19.9 Å². The summed E-state index contributed by atoms with van der Waals surface area (Å²) in [5, 5.41) is 3.41. The van der Waals surface area contributed by atoms with Crippen LogP contribution in [0.15, 0.2) is 18.2 Å². The van der Waals surface area contributed by atoms with Crippen LogP contribution in [-0.2, 0) is 13.1 Å². The molecular weight excluding hydrogens is 198 g/mol.